The monoisotopic (exact) mass is 330 g/mol. The summed E-state index contributed by atoms with van der Waals surface area (Å²) < 4.78 is 5.72. The van der Waals surface area contributed by atoms with Crippen LogP contribution in [0.3, 0.4) is 0 Å². The summed E-state index contributed by atoms with van der Waals surface area (Å²) in [6, 6.07) is 14.3. The van der Waals surface area contributed by atoms with E-state index in [-0.39, 0.29) is 11.9 Å². The number of para-hydroxylation sites is 1. The van der Waals surface area contributed by atoms with Gasteiger partial charge in [0.25, 0.3) is 0 Å². The van der Waals surface area contributed by atoms with Gasteiger partial charge in [-0.25, -0.2) is 0 Å². The van der Waals surface area contributed by atoms with Gasteiger partial charge < -0.3 is 15.4 Å². The van der Waals surface area contributed by atoms with E-state index in [1.807, 2.05) is 36.4 Å². The Bertz CT molecular complexity index is 671. The van der Waals surface area contributed by atoms with E-state index in [2.05, 4.69) is 17.2 Å². The van der Waals surface area contributed by atoms with Gasteiger partial charge in [-0.1, -0.05) is 29.8 Å². The molecule has 2 rings (SSSR count). The van der Waals surface area contributed by atoms with E-state index < -0.39 is 0 Å². The number of carbonyl (C=O) groups is 1. The number of ether oxygens (including phenoxy) is 1. The standard InChI is InChI=1S/C18H19ClN2O2/c1-3-12-20-18(22)13(2)21-14-8-10-15(11-9-14)23-17-7-5-4-6-16(17)19/h3-11,13,21H,1,12H2,2H3,(H,20,22). The first kappa shape index (κ1) is 16.9. The van der Waals surface area contributed by atoms with Gasteiger partial charge in [0.05, 0.1) is 5.02 Å². The van der Waals surface area contributed by atoms with Crippen molar-refractivity contribution in [3.8, 4) is 11.5 Å². The molecule has 1 atom stereocenters. The van der Waals surface area contributed by atoms with E-state index in [4.69, 9.17) is 16.3 Å². The molecule has 2 aromatic carbocycles. The molecule has 0 aliphatic rings. The second-order valence-corrected chi connectivity index (χ2v) is 5.36. The molecule has 1 unspecified atom stereocenters. The number of anilines is 1. The van der Waals surface area contributed by atoms with Crippen molar-refractivity contribution in [1.82, 2.24) is 5.32 Å². The molecule has 120 valence electrons. The number of hydrogen-bond donors (Lipinski definition) is 2. The second kappa shape index (κ2) is 8.25. The highest BCUT2D eigenvalue weighted by Crippen LogP contribution is 2.29. The van der Waals surface area contributed by atoms with Crippen molar-refractivity contribution in [2.24, 2.45) is 0 Å². The molecule has 0 bridgehead atoms. The predicted molar refractivity (Wildman–Crippen MR) is 94.3 cm³/mol. The van der Waals surface area contributed by atoms with Crippen LogP contribution in [0.5, 0.6) is 11.5 Å². The smallest absolute Gasteiger partial charge is 0.242 e. The highest BCUT2D eigenvalue weighted by molar-refractivity contribution is 6.32. The van der Waals surface area contributed by atoms with Crippen molar-refractivity contribution in [3.05, 3.63) is 66.2 Å². The van der Waals surface area contributed by atoms with Crippen molar-refractivity contribution < 1.29 is 9.53 Å². The van der Waals surface area contributed by atoms with Crippen LogP contribution in [0, 0.1) is 0 Å². The Morgan fingerprint density at radius 3 is 2.61 bits per heavy atom. The number of hydrogen-bond acceptors (Lipinski definition) is 3. The van der Waals surface area contributed by atoms with Gasteiger partial charge in [0.15, 0.2) is 0 Å². The highest BCUT2D eigenvalue weighted by atomic mass is 35.5. The molecular weight excluding hydrogens is 312 g/mol. The third-order valence-electron chi connectivity index (χ3n) is 3.12. The van der Waals surface area contributed by atoms with Crippen LogP contribution >= 0.6 is 11.6 Å². The molecule has 0 aliphatic carbocycles. The Morgan fingerprint density at radius 1 is 1.26 bits per heavy atom. The van der Waals surface area contributed by atoms with Crippen molar-refractivity contribution in [2.75, 3.05) is 11.9 Å². The normalized spacial score (nSPS) is 11.4. The maximum atomic E-state index is 11.8. The Labute approximate surface area is 141 Å². The molecule has 4 nitrogen and oxygen atoms in total. The summed E-state index contributed by atoms with van der Waals surface area (Å²) in [4.78, 5) is 11.8. The molecule has 0 radical (unpaired) electrons. The number of carbonyl (C=O) groups excluding carboxylic acids is 1. The van der Waals surface area contributed by atoms with Gasteiger partial charge >= 0.3 is 0 Å². The minimum Gasteiger partial charge on any atom is -0.456 e. The minimum absolute atomic E-state index is 0.0821. The number of benzene rings is 2. The third-order valence-corrected chi connectivity index (χ3v) is 3.43. The van der Waals surface area contributed by atoms with Crippen molar-refractivity contribution in [2.45, 2.75) is 13.0 Å². The van der Waals surface area contributed by atoms with Gasteiger partial charge in [-0.05, 0) is 43.3 Å². The molecule has 5 heteroatoms. The fourth-order valence-electron chi connectivity index (χ4n) is 1.92. The zero-order valence-corrected chi connectivity index (χ0v) is 13.6. The first-order valence-electron chi connectivity index (χ1n) is 7.27. The quantitative estimate of drug-likeness (QED) is 0.747. The fourth-order valence-corrected chi connectivity index (χ4v) is 2.09. The fraction of sp³-hybridized carbons (Fsp3) is 0.167. The lowest BCUT2D eigenvalue weighted by Crippen LogP contribution is -2.37. The predicted octanol–water partition coefficient (Wildman–Crippen LogP) is 4.23. The maximum absolute atomic E-state index is 11.8. The van der Waals surface area contributed by atoms with Crippen molar-refractivity contribution in [1.29, 1.82) is 0 Å². The summed E-state index contributed by atoms with van der Waals surface area (Å²) in [5, 5.41) is 6.43. The summed E-state index contributed by atoms with van der Waals surface area (Å²) in [6.45, 7) is 5.82. The van der Waals surface area contributed by atoms with Gasteiger partial charge in [0.1, 0.15) is 17.5 Å². The van der Waals surface area contributed by atoms with E-state index >= 15 is 0 Å². The topological polar surface area (TPSA) is 50.4 Å². The average Bonchev–Trinajstić information content (AvgIpc) is 2.56. The number of amides is 1. The van der Waals surface area contributed by atoms with Crippen molar-refractivity contribution >= 4 is 23.2 Å². The number of nitrogens with one attached hydrogen (secondary N) is 2. The molecule has 0 aromatic heterocycles. The van der Waals surface area contributed by atoms with Crippen LogP contribution in [-0.2, 0) is 4.79 Å². The van der Waals surface area contributed by atoms with E-state index in [1.165, 1.54) is 0 Å². The van der Waals surface area contributed by atoms with Gasteiger partial charge in [0, 0.05) is 12.2 Å². The number of halogens is 1. The van der Waals surface area contributed by atoms with E-state index in [0.717, 1.165) is 5.69 Å². The molecule has 0 aliphatic heterocycles. The molecule has 0 saturated heterocycles. The van der Waals surface area contributed by atoms with Gasteiger partial charge in [-0.3, -0.25) is 4.79 Å². The van der Waals surface area contributed by atoms with E-state index in [0.29, 0.717) is 23.1 Å². The summed E-state index contributed by atoms with van der Waals surface area (Å²) in [7, 11) is 0. The maximum Gasteiger partial charge on any atom is 0.242 e. The van der Waals surface area contributed by atoms with Gasteiger partial charge in [-0.15, -0.1) is 6.58 Å². The molecule has 0 spiro atoms. The highest BCUT2D eigenvalue weighted by Gasteiger charge is 2.11. The largest absolute Gasteiger partial charge is 0.456 e. The molecule has 2 aromatic rings. The third kappa shape index (κ3) is 5.04. The van der Waals surface area contributed by atoms with Crippen LogP contribution in [0.15, 0.2) is 61.2 Å². The van der Waals surface area contributed by atoms with E-state index in [9.17, 15) is 4.79 Å². The lowest BCUT2D eigenvalue weighted by Gasteiger charge is -2.15. The van der Waals surface area contributed by atoms with Crippen LogP contribution in [0.25, 0.3) is 0 Å². The summed E-state index contributed by atoms with van der Waals surface area (Å²) in [6.07, 6.45) is 1.64. The minimum atomic E-state index is -0.342. The molecule has 1 amide bonds. The first-order chi connectivity index (χ1) is 11.1. The Hall–Kier alpha value is -2.46. The zero-order valence-electron chi connectivity index (χ0n) is 12.9. The van der Waals surface area contributed by atoms with Crippen LogP contribution in [0.2, 0.25) is 5.02 Å². The van der Waals surface area contributed by atoms with Crippen molar-refractivity contribution in [3.63, 3.8) is 0 Å². The van der Waals surface area contributed by atoms with Crippen LogP contribution in [-0.4, -0.2) is 18.5 Å². The average molecular weight is 331 g/mol. The summed E-state index contributed by atoms with van der Waals surface area (Å²) in [5.74, 6) is 1.20. The molecular formula is C18H19ClN2O2. The van der Waals surface area contributed by atoms with E-state index in [1.54, 1.807) is 25.1 Å². The lowest BCUT2D eigenvalue weighted by molar-refractivity contribution is -0.121. The molecule has 0 heterocycles. The summed E-state index contributed by atoms with van der Waals surface area (Å²) in [5.41, 5.74) is 0.831. The first-order valence-corrected chi connectivity index (χ1v) is 7.65. The van der Waals surface area contributed by atoms with Crippen LogP contribution < -0.4 is 15.4 Å². The second-order valence-electron chi connectivity index (χ2n) is 4.96. The van der Waals surface area contributed by atoms with Crippen LogP contribution in [0.4, 0.5) is 5.69 Å². The SMILES string of the molecule is C=CCNC(=O)C(C)Nc1ccc(Oc2ccccc2Cl)cc1. The lowest BCUT2D eigenvalue weighted by atomic mass is 10.2. The molecule has 0 saturated carbocycles. The Morgan fingerprint density at radius 2 is 1.96 bits per heavy atom. The van der Waals surface area contributed by atoms with Gasteiger partial charge in [-0.2, -0.15) is 0 Å². The Kier molecular flexibility index (Phi) is 6.06. The Balaban J connectivity index is 1.95. The van der Waals surface area contributed by atoms with Crippen LogP contribution in [0.1, 0.15) is 6.92 Å². The number of rotatable bonds is 7. The molecule has 2 N–H and O–H groups in total. The zero-order chi connectivity index (χ0) is 16.7. The van der Waals surface area contributed by atoms with Gasteiger partial charge in [0.2, 0.25) is 5.91 Å². The molecule has 23 heavy (non-hydrogen) atoms. The molecule has 0 fully saturated rings. The summed E-state index contributed by atoms with van der Waals surface area (Å²) >= 11 is 6.06.